The van der Waals surface area contributed by atoms with Gasteiger partial charge >= 0.3 is 6.09 Å². The van der Waals surface area contributed by atoms with Gasteiger partial charge in [0, 0.05) is 6.20 Å². The van der Waals surface area contributed by atoms with E-state index in [9.17, 15) is 4.79 Å². The van der Waals surface area contributed by atoms with Crippen molar-refractivity contribution in [2.45, 2.75) is 0 Å². The fourth-order valence-corrected chi connectivity index (χ4v) is 1.22. The number of carbonyl (C=O) groups excluding carboxylic acids is 1. The first-order chi connectivity index (χ1) is 8.21. The van der Waals surface area contributed by atoms with Crippen LogP contribution in [-0.2, 0) is 4.74 Å². The fourth-order valence-electron chi connectivity index (χ4n) is 1.22. The van der Waals surface area contributed by atoms with Crippen molar-refractivity contribution in [3.05, 3.63) is 30.0 Å². The fraction of sp³-hybridized carbons (Fsp3) is 0.250. The van der Waals surface area contributed by atoms with Crippen molar-refractivity contribution in [3.63, 3.8) is 0 Å². The van der Waals surface area contributed by atoms with E-state index in [0.717, 1.165) is 5.56 Å². The second-order valence-electron chi connectivity index (χ2n) is 3.08. The Balaban J connectivity index is 2.75. The van der Waals surface area contributed by atoms with Crippen molar-refractivity contribution in [2.24, 2.45) is 0 Å². The largest absolute Gasteiger partial charge is 0.493 e. The number of methoxy groups -OCH3 is 3. The topological polar surface area (TPSA) is 56.8 Å². The number of ether oxygens (including phenoxy) is 3. The van der Waals surface area contributed by atoms with Crippen molar-refractivity contribution in [1.82, 2.24) is 5.32 Å². The van der Waals surface area contributed by atoms with E-state index in [1.807, 2.05) is 6.07 Å². The number of benzene rings is 1. The summed E-state index contributed by atoms with van der Waals surface area (Å²) in [6.07, 6.45) is 2.70. The quantitative estimate of drug-likeness (QED) is 0.870. The van der Waals surface area contributed by atoms with Gasteiger partial charge in [0.1, 0.15) is 0 Å². The van der Waals surface area contributed by atoms with Crippen LogP contribution in [0, 0.1) is 0 Å². The molecule has 0 saturated carbocycles. The molecule has 0 aliphatic carbocycles. The highest BCUT2D eigenvalue weighted by Crippen LogP contribution is 2.27. The van der Waals surface area contributed by atoms with Gasteiger partial charge in [-0.3, -0.25) is 5.32 Å². The lowest BCUT2D eigenvalue weighted by molar-refractivity contribution is 0.175. The van der Waals surface area contributed by atoms with Gasteiger partial charge in [0.15, 0.2) is 11.5 Å². The van der Waals surface area contributed by atoms with Gasteiger partial charge in [-0.25, -0.2) is 4.79 Å². The monoisotopic (exact) mass is 237 g/mol. The third-order valence-electron chi connectivity index (χ3n) is 2.07. The molecule has 1 aromatic carbocycles. The summed E-state index contributed by atoms with van der Waals surface area (Å²) in [4.78, 5) is 10.8. The maximum Gasteiger partial charge on any atom is 0.410 e. The Kier molecular flexibility index (Phi) is 4.87. The lowest BCUT2D eigenvalue weighted by Crippen LogP contribution is -2.15. The van der Waals surface area contributed by atoms with Crippen LogP contribution in [0.15, 0.2) is 24.4 Å². The number of hydrogen-bond donors (Lipinski definition) is 1. The molecular weight excluding hydrogens is 222 g/mol. The van der Waals surface area contributed by atoms with Crippen LogP contribution in [-0.4, -0.2) is 27.4 Å². The second kappa shape index (κ2) is 6.42. The van der Waals surface area contributed by atoms with Crippen LogP contribution in [0.3, 0.4) is 0 Å². The summed E-state index contributed by atoms with van der Waals surface area (Å²) >= 11 is 0. The summed E-state index contributed by atoms with van der Waals surface area (Å²) < 4.78 is 14.7. The molecule has 17 heavy (non-hydrogen) atoms. The highest BCUT2D eigenvalue weighted by atomic mass is 16.5. The maximum absolute atomic E-state index is 10.8. The minimum Gasteiger partial charge on any atom is -0.493 e. The van der Waals surface area contributed by atoms with Crippen LogP contribution >= 0.6 is 0 Å². The maximum atomic E-state index is 10.8. The van der Waals surface area contributed by atoms with Gasteiger partial charge in [-0.15, -0.1) is 0 Å². The van der Waals surface area contributed by atoms with Crippen molar-refractivity contribution in [1.29, 1.82) is 0 Å². The lowest BCUT2D eigenvalue weighted by Gasteiger charge is -2.07. The molecule has 0 aromatic heterocycles. The molecule has 1 N–H and O–H groups in total. The molecule has 1 rings (SSSR count). The molecule has 0 radical (unpaired) electrons. The van der Waals surface area contributed by atoms with Crippen LogP contribution in [0.2, 0.25) is 0 Å². The second-order valence-corrected chi connectivity index (χ2v) is 3.08. The highest BCUT2D eigenvalue weighted by molar-refractivity contribution is 5.69. The third-order valence-corrected chi connectivity index (χ3v) is 2.07. The Morgan fingerprint density at radius 1 is 1.18 bits per heavy atom. The van der Waals surface area contributed by atoms with Crippen LogP contribution in [0.1, 0.15) is 5.56 Å². The zero-order valence-corrected chi connectivity index (χ0v) is 10.0. The molecule has 0 spiro atoms. The zero-order chi connectivity index (χ0) is 12.7. The van der Waals surface area contributed by atoms with Crippen LogP contribution in [0.25, 0.3) is 6.08 Å². The first-order valence-electron chi connectivity index (χ1n) is 4.94. The predicted molar refractivity (Wildman–Crippen MR) is 64.1 cm³/mol. The molecule has 5 heteroatoms. The van der Waals surface area contributed by atoms with Gasteiger partial charge in [0.25, 0.3) is 0 Å². The summed E-state index contributed by atoms with van der Waals surface area (Å²) in [5.41, 5.74) is 0.874. The molecule has 0 atom stereocenters. The molecule has 0 unspecified atom stereocenters. The number of amides is 1. The van der Waals surface area contributed by atoms with Crippen molar-refractivity contribution >= 4 is 12.2 Å². The number of nitrogens with one attached hydrogen (secondary N) is 1. The Morgan fingerprint density at radius 3 is 2.47 bits per heavy atom. The van der Waals surface area contributed by atoms with Gasteiger partial charge in [0.2, 0.25) is 0 Å². The Morgan fingerprint density at radius 2 is 1.88 bits per heavy atom. The Bertz CT molecular complexity index is 415. The predicted octanol–water partition coefficient (Wildman–Crippen LogP) is 2.03. The molecule has 0 heterocycles. The minimum atomic E-state index is -0.512. The summed E-state index contributed by atoms with van der Waals surface area (Å²) in [6, 6.07) is 5.43. The molecule has 0 fully saturated rings. The average Bonchev–Trinajstić information content (AvgIpc) is 2.38. The number of carbonyl (C=O) groups is 1. The molecule has 1 amide bonds. The van der Waals surface area contributed by atoms with E-state index in [1.54, 1.807) is 32.4 Å². The summed E-state index contributed by atoms with van der Waals surface area (Å²) in [5.74, 6) is 1.29. The zero-order valence-electron chi connectivity index (χ0n) is 10.0. The van der Waals surface area contributed by atoms with E-state index in [-0.39, 0.29) is 0 Å². The van der Waals surface area contributed by atoms with Gasteiger partial charge in [-0.1, -0.05) is 6.07 Å². The van der Waals surface area contributed by atoms with Gasteiger partial charge < -0.3 is 14.2 Å². The standard InChI is InChI=1S/C12H15NO4/c1-15-10-5-4-9(8-11(10)16-2)6-7-13-12(14)17-3/h4-8H,1-3H3,(H,13,14). The van der Waals surface area contributed by atoms with Crippen molar-refractivity contribution in [2.75, 3.05) is 21.3 Å². The van der Waals surface area contributed by atoms with E-state index in [2.05, 4.69) is 10.1 Å². The van der Waals surface area contributed by atoms with Gasteiger partial charge in [-0.05, 0) is 23.8 Å². The van der Waals surface area contributed by atoms with Crippen LogP contribution in [0.4, 0.5) is 4.79 Å². The smallest absolute Gasteiger partial charge is 0.410 e. The third kappa shape index (κ3) is 3.71. The molecule has 0 bridgehead atoms. The van der Waals surface area contributed by atoms with E-state index in [0.29, 0.717) is 11.5 Å². The molecule has 0 aliphatic rings. The van der Waals surface area contributed by atoms with Gasteiger partial charge in [-0.2, -0.15) is 0 Å². The normalized spacial score (nSPS) is 10.1. The van der Waals surface area contributed by atoms with Crippen LogP contribution < -0.4 is 14.8 Å². The minimum absolute atomic E-state index is 0.512. The molecular formula is C12H15NO4. The molecule has 0 saturated heterocycles. The molecule has 1 aromatic rings. The van der Waals surface area contributed by atoms with Crippen molar-refractivity contribution < 1.29 is 19.0 Å². The number of alkyl carbamates (subject to hydrolysis) is 1. The first kappa shape index (κ1) is 12.9. The number of rotatable bonds is 4. The molecule has 92 valence electrons. The van der Waals surface area contributed by atoms with E-state index in [4.69, 9.17) is 9.47 Å². The van der Waals surface area contributed by atoms with E-state index >= 15 is 0 Å². The summed E-state index contributed by atoms with van der Waals surface area (Å²) in [6.45, 7) is 0. The Labute approximate surface area is 100.0 Å². The first-order valence-corrected chi connectivity index (χ1v) is 4.94. The van der Waals surface area contributed by atoms with Gasteiger partial charge in [0.05, 0.1) is 21.3 Å². The van der Waals surface area contributed by atoms with Crippen molar-refractivity contribution in [3.8, 4) is 11.5 Å². The molecule has 5 nitrogen and oxygen atoms in total. The number of hydrogen-bond acceptors (Lipinski definition) is 4. The summed E-state index contributed by atoms with van der Waals surface area (Å²) in [7, 11) is 4.45. The Hall–Kier alpha value is -2.17. The van der Waals surface area contributed by atoms with E-state index in [1.165, 1.54) is 13.3 Å². The molecule has 0 aliphatic heterocycles. The van der Waals surface area contributed by atoms with E-state index < -0.39 is 6.09 Å². The highest BCUT2D eigenvalue weighted by Gasteiger charge is 2.02. The summed E-state index contributed by atoms with van der Waals surface area (Å²) in [5, 5.41) is 2.43. The van der Waals surface area contributed by atoms with Crippen LogP contribution in [0.5, 0.6) is 11.5 Å². The SMILES string of the molecule is COC(=O)NC=Cc1ccc(OC)c(OC)c1. The lowest BCUT2D eigenvalue weighted by atomic mass is 10.2. The average molecular weight is 237 g/mol.